The third kappa shape index (κ3) is 3.94. The minimum Gasteiger partial charge on any atom is -0.468 e. The van der Waals surface area contributed by atoms with Gasteiger partial charge in [0.15, 0.2) is 0 Å². The molecule has 1 N–H and O–H groups in total. The molecule has 0 saturated carbocycles. The van der Waals surface area contributed by atoms with E-state index in [0.29, 0.717) is 0 Å². The zero-order valence-corrected chi connectivity index (χ0v) is 9.34. The normalized spacial score (nSPS) is 11.1. The maximum atomic E-state index is 5.42. The van der Waals surface area contributed by atoms with Gasteiger partial charge in [0.1, 0.15) is 5.76 Å². The average Bonchev–Trinajstić information content (AvgIpc) is 2.52. The molecule has 1 aromatic heterocycles. The molecule has 0 aliphatic carbocycles. The van der Waals surface area contributed by atoms with Gasteiger partial charge in [0.2, 0.25) is 0 Å². The van der Waals surface area contributed by atoms with Crippen LogP contribution in [0.25, 0.3) is 0 Å². The zero-order chi connectivity index (χ0) is 10.4. The van der Waals surface area contributed by atoms with Gasteiger partial charge in [-0.2, -0.15) is 0 Å². The maximum absolute atomic E-state index is 5.42. The predicted molar refractivity (Wildman–Crippen MR) is 58.1 cm³/mol. The summed E-state index contributed by atoms with van der Waals surface area (Å²) in [6, 6.07) is 2.11. The monoisotopic (exact) mass is 196 g/mol. The van der Waals surface area contributed by atoms with Gasteiger partial charge < -0.3 is 14.6 Å². The molecule has 1 rings (SSSR count). The summed E-state index contributed by atoms with van der Waals surface area (Å²) < 4.78 is 5.42. The molecule has 80 valence electrons. The van der Waals surface area contributed by atoms with Crippen molar-refractivity contribution < 1.29 is 4.42 Å². The Morgan fingerprint density at radius 1 is 1.43 bits per heavy atom. The number of hydrogen-bond donors (Lipinski definition) is 1. The Bertz CT molecular complexity index is 256. The van der Waals surface area contributed by atoms with Crippen molar-refractivity contribution in [3.05, 3.63) is 23.7 Å². The lowest BCUT2D eigenvalue weighted by atomic mass is 10.3. The second-order valence-electron chi connectivity index (χ2n) is 3.84. The smallest absolute Gasteiger partial charge is 0.118 e. The highest BCUT2D eigenvalue weighted by atomic mass is 16.3. The second-order valence-corrected chi connectivity index (χ2v) is 3.84. The molecule has 0 aliphatic rings. The molecule has 3 nitrogen and oxygen atoms in total. The number of nitrogens with zero attached hydrogens (tertiary/aromatic N) is 1. The number of nitrogens with one attached hydrogen (secondary N) is 1. The van der Waals surface area contributed by atoms with Crippen LogP contribution in [-0.2, 0) is 13.1 Å². The molecule has 3 heteroatoms. The van der Waals surface area contributed by atoms with Gasteiger partial charge in [-0.1, -0.05) is 6.92 Å². The molecule has 0 fully saturated rings. The van der Waals surface area contributed by atoms with Crippen molar-refractivity contribution in [3.8, 4) is 0 Å². The summed E-state index contributed by atoms with van der Waals surface area (Å²) >= 11 is 0. The number of hydrogen-bond acceptors (Lipinski definition) is 3. The van der Waals surface area contributed by atoms with Gasteiger partial charge in [0.25, 0.3) is 0 Å². The van der Waals surface area contributed by atoms with Crippen molar-refractivity contribution in [1.82, 2.24) is 10.2 Å². The first kappa shape index (κ1) is 11.3. The molecule has 0 unspecified atom stereocenters. The molecule has 0 aliphatic heterocycles. The lowest BCUT2D eigenvalue weighted by Crippen LogP contribution is -2.13. The van der Waals surface area contributed by atoms with E-state index >= 15 is 0 Å². The van der Waals surface area contributed by atoms with E-state index in [-0.39, 0.29) is 0 Å². The van der Waals surface area contributed by atoms with Crippen LogP contribution in [0, 0.1) is 0 Å². The van der Waals surface area contributed by atoms with Crippen molar-refractivity contribution in [2.75, 3.05) is 20.6 Å². The fourth-order valence-electron chi connectivity index (χ4n) is 1.32. The Kier molecular flexibility index (Phi) is 4.70. The maximum Gasteiger partial charge on any atom is 0.118 e. The minimum absolute atomic E-state index is 0.869. The Hall–Kier alpha value is -0.800. The fourth-order valence-corrected chi connectivity index (χ4v) is 1.32. The summed E-state index contributed by atoms with van der Waals surface area (Å²) in [5.41, 5.74) is 1.23. The molecule has 0 saturated heterocycles. The van der Waals surface area contributed by atoms with Crippen LogP contribution in [0.1, 0.15) is 24.7 Å². The van der Waals surface area contributed by atoms with Crippen LogP contribution in [0.2, 0.25) is 0 Å². The average molecular weight is 196 g/mol. The van der Waals surface area contributed by atoms with E-state index in [9.17, 15) is 0 Å². The summed E-state index contributed by atoms with van der Waals surface area (Å²) in [4.78, 5) is 2.10. The number of furan rings is 1. The topological polar surface area (TPSA) is 28.4 Å². The minimum atomic E-state index is 0.869. The summed E-state index contributed by atoms with van der Waals surface area (Å²) in [7, 11) is 4.08. The largest absolute Gasteiger partial charge is 0.468 e. The van der Waals surface area contributed by atoms with E-state index in [1.54, 1.807) is 0 Å². The van der Waals surface area contributed by atoms with Gasteiger partial charge in [-0.05, 0) is 33.1 Å². The van der Waals surface area contributed by atoms with E-state index in [2.05, 4.69) is 23.2 Å². The highest BCUT2D eigenvalue weighted by molar-refractivity contribution is 5.12. The number of rotatable bonds is 6. The predicted octanol–water partition coefficient (Wildman–Crippen LogP) is 1.84. The zero-order valence-electron chi connectivity index (χ0n) is 9.34. The molecular weight excluding hydrogens is 176 g/mol. The van der Waals surface area contributed by atoms with Crippen LogP contribution < -0.4 is 5.32 Å². The van der Waals surface area contributed by atoms with Gasteiger partial charge in [-0.3, -0.25) is 0 Å². The molecule has 0 bridgehead atoms. The quantitative estimate of drug-likeness (QED) is 0.704. The van der Waals surface area contributed by atoms with Gasteiger partial charge in [0.05, 0.1) is 12.8 Å². The van der Waals surface area contributed by atoms with Crippen LogP contribution in [0.4, 0.5) is 0 Å². The van der Waals surface area contributed by atoms with Gasteiger partial charge >= 0.3 is 0 Å². The highest BCUT2D eigenvalue weighted by Crippen LogP contribution is 2.08. The molecule has 0 aromatic carbocycles. The van der Waals surface area contributed by atoms with E-state index in [0.717, 1.165) is 25.4 Å². The molecular formula is C11H20N2O. The first-order valence-electron chi connectivity index (χ1n) is 5.14. The van der Waals surface area contributed by atoms with E-state index in [1.807, 2.05) is 20.4 Å². The SMILES string of the molecule is CCCNCc1coc(CN(C)C)c1. The van der Waals surface area contributed by atoms with E-state index in [4.69, 9.17) is 4.42 Å². The van der Waals surface area contributed by atoms with Crippen LogP contribution in [0.3, 0.4) is 0 Å². The standard InChI is InChI=1S/C11H20N2O/c1-4-5-12-7-10-6-11(14-9-10)8-13(2)3/h6,9,12H,4-5,7-8H2,1-3H3. The van der Waals surface area contributed by atoms with Crippen LogP contribution in [-0.4, -0.2) is 25.5 Å². The van der Waals surface area contributed by atoms with Gasteiger partial charge in [-0.25, -0.2) is 0 Å². The van der Waals surface area contributed by atoms with Gasteiger partial charge in [0, 0.05) is 12.1 Å². The summed E-state index contributed by atoms with van der Waals surface area (Å²) in [5.74, 6) is 1.03. The molecule has 0 spiro atoms. The first-order chi connectivity index (χ1) is 6.72. The van der Waals surface area contributed by atoms with Crippen molar-refractivity contribution in [2.24, 2.45) is 0 Å². The van der Waals surface area contributed by atoms with E-state index in [1.165, 1.54) is 12.0 Å². The van der Waals surface area contributed by atoms with Gasteiger partial charge in [-0.15, -0.1) is 0 Å². The Morgan fingerprint density at radius 2 is 2.21 bits per heavy atom. The molecule has 0 amide bonds. The van der Waals surface area contributed by atoms with Crippen molar-refractivity contribution in [3.63, 3.8) is 0 Å². The van der Waals surface area contributed by atoms with Crippen LogP contribution in [0.5, 0.6) is 0 Å². The van der Waals surface area contributed by atoms with Crippen molar-refractivity contribution in [1.29, 1.82) is 0 Å². The highest BCUT2D eigenvalue weighted by Gasteiger charge is 2.01. The Morgan fingerprint density at radius 3 is 2.86 bits per heavy atom. The lowest BCUT2D eigenvalue weighted by Gasteiger charge is -2.05. The third-order valence-corrected chi connectivity index (χ3v) is 1.94. The van der Waals surface area contributed by atoms with Crippen molar-refractivity contribution in [2.45, 2.75) is 26.4 Å². The summed E-state index contributed by atoms with van der Waals surface area (Å²) in [6.45, 7) is 5.01. The van der Waals surface area contributed by atoms with E-state index < -0.39 is 0 Å². The van der Waals surface area contributed by atoms with Crippen LogP contribution >= 0.6 is 0 Å². The second kappa shape index (κ2) is 5.83. The molecule has 1 heterocycles. The van der Waals surface area contributed by atoms with Crippen LogP contribution in [0.15, 0.2) is 16.7 Å². The molecule has 0 atom stereocenters. The third-order valence-electron chi connectivity index (χ3n) is 1.94. The summed E-state index contributed by atoms with van der Waals surface area (Å²) in [6.07, 6.45) is 3.00. The molecule has 1 aromatic rings. The van der Waals surface area contributed by atoms with Crippen molar-refractivity contribution >= 4 is 0 Å². The molecule has 0 radical (unpaired) electrons. The first-order valence-corrected chi connectivity index (χ1v) is 5.14. The Labute approximate surface area is 86.1 Å². The fraction of sp³-hybridized carbons (Fsp3) is 0.636. The molecule has 14 heavy (non-hydrogen) atoms. The lowest BCUT2D eigenvalue weighted by molar-refractivity contribution is 0.350. The summed E-state index contributed by atoms with van der Waals surface area (Å²) in [5, 5.41) is 3.34. The Balaban J connectivity index is 2.35.